The Morgan fingerprint density at radius 2 is 1.57 bits per heavy atom. The third-order valence-electron chi connectivity index (χ3n) is 5.48. The summed E-state index contributed by atoms with van der Waals surface area (Å²) in [5, 5.41) is 3.58. The molecule has 1 N–H and O–H groups in total. The van der Waals surface area contributed by atoms with Crippen molar-refractivity contribution in [2.24, 2.45) is 22.7 Å². The summed E-state index contributed by atoms with van der Waals surface area (Å²) in [6.45, 7) is 9.72. The minimum atomic E-state index is 0.538. The Labute approximate surface area is 88.7 Å². The van der Waals surface area contributed by atoms with Crippen LogP contribution in [0.25, 0.3) is 0 Å². The van der Waals surface area contributed by atoms with Crippen LogP contribution in [0.1, 0.15) is 47.0 Å². The van der Waals surface area contributed by atoms with Crippen LogP contribution in [-0.2, 0) is 0 Å². The van der Waals surface area contributed by atoms with Gasteiger partial charge in [0.25, 0.3) is 0 Å². The molecule has 0 heterocycles. The molecule has 0 amide bonds. The van der Waals surface area contributed by atoms with Crippen LogP contribution in [-0.4, -0.2) is 13.1 Å². The van der Waals surface area contributed by atoms with Crippen LogP contribution < -0.4 is 5.32 Å². The topological polar surface area (TPSA) is 12.0 Å². The maximum Gasteiger partial charge on any atom is 0.0131 e. The van der Waals surface area contributed by atoms with E-state index in [1.165, 1.54) is 19.3 Å². The van der Waals surface area contributed by atoms with E-state index in [0.29, 0.717) is 10.8 Å². The van der Waals surface area contributed by atoms with Crippen molar-refractivity contribution in [2.45, 2.75) is 53.0 Å². The zero-order valence-electron chi connectivity index (χ0n) is 10.4. The molecule has 0 radical (unpaired) electrons. The second-order valence-electron chi connectivity index (χ2n) is 6.43. The van der Waals surface area contributed by atoms with Crippen LogP contribution in [0.5, 0.6) is 0 Å². The lowest BCUT2D eigenvalue weighted by atomic mass is 9.76. The first-order valence-corrected chi connectivity index (χ1v) is 6.10. The van der Waals surface area contributed by atoms with Gasteiger partial charge < -0.3 is 5.32 Å². The zero-order valence-corrected chi connectivity index (χ0v) is 10.4. The fraction of sp³-hybridized carbons (Fsp3) is 1.00. The molecule has 0 aromatic carbocycles. The SMILES string of the molecule is CNC(C1CCC1)C1C(C)(C)C1(C)C. The first kappa shape index (κ1) is 10.5. The molecule has 0 saturated heterocycles. The van der Waals surface area contributed by atoms with Crippen LogP contribution >= 0.6 is 0 Å². The summed E-state index contributed by atoms with van der Waals surface area (Å²) in [6, 6.07) is 0.772. The Morgan fingerprint density at radius 3 is 1.79 bits per heavy atom. The van der Waals surface area contributed by atoms with Crippen molar-refractivity contribution in [1.29, 1.82) is 0 Å². The third kappa shape index (κ3) is 1.18. The molecule has 2 aliphatic rings. The monoisotopic (exact) mass is 195 g/mol. The second kappa shape index (κ2) is 2.98. The van der Waals surface area contributed by atoms with Gasteiger partial charge in [0.2, 0.25) is 0 Å². The highest BCUT2D eigenvalue weighted by molar-refractivity contribution is 5.17. The highest BCUT2D eigenvalue weighted by atomic mass is 14.9. The molecule has 14 heavy (non-hydrogen) atoms. The van der Waals surface area contributed by atoms with Crippen molar-refractivity contribution >= 4 is 0 Å². The normalized spacial score (nSPS) is 32.4. The highest BCUT2D eigenvalue weighted by Crippen LogP contribution is 2.70. The van der Waals surface area contributed by atoms with E-state index in [-0.39, 0.29) is 0 Å². The van der Waals surface area contributed by atoms with Crippen molar-refractivity contribution < 1.29 is 0 Å². The van der Waals surface area contributed by atoms with Gasteiger partial charge in [0.05, 0.1) is 0 Å². The van der Waals surface area contributed by atoms with Crippen LogP contribution in [0, 0.1) is 22.7 Å². The largest absolute Gasteiger partial charge is 0.316 e. The van der Waals surface area contributed by atoms with E-state index in [1.807, 2.05) is 0 Å². The lowest BCUT2D eigenvalue weighted by Crippen LogP contribution is -2.40. The van der Waals surface area contributed by atoms with E-state index in [2.05, 4.69) is 40.1 Å². The quantitative estimate of drug-likeness (QED) is 0.730. The summed E-state index contributed by atoms with van der Waals surface area (Å²) >= 11 is 0. The van der Waals surface area contributed by atoms with Gasteiger partial charge in [-0.1, -0.05) is 34.1 Å². The van der Waals surface area contributed by atoms with E-state index in [1.54, 1.807) is 0 Å². The smallest absolute Gasteiger partial charge is 0.0131 e. The molecule has 2 saturated carbocycles. The highest BCUT2D eigenvalue weighted by Gasteiger charge is 2.67. The fourth-order valence-electron chi connectivity index (χ4n) is 3.62. The summed E-state index contributed by atoms with van der Waals surface area (Å²) in [5.74, 6) is 1.84. The van der Waals surface area contributed by atoms with E-state index < -0.39 is 0 Å². The standard InChI is InChI=1S/C13H25N/c1-12(2)11(13(12,3)4)10(14-5)9-7-6-8-9/h9-11,14H,6-8H2,1-5H3. The van der Waals surface area contributed by atoms with Crippen molar-refractivity contribution in [3.05, 3.63) is 0 Å². The first-order chi connectivity index (χ1) is 6.43. The molecule has 1 unspecified atom stereocenters. The molecule has 2 aliphatic carbocycles. The van der Waals surface area contributed by atoms with Gasteiger partial charge in [0, 0.05) is 6.04 Å². The molecule has 0 bridgehead atoms. The Bertz CT molecular complexity index is 211. The van der Waals surface area contributed by atoms with Gasteiger partial charge in [0.15, 0.2) is 0 Å². The fourth-order valence-corrected chi connectivity index (χ4v) is 3.62. The van der Waals surface area contributed by atoms with Gasteiger partial charge in [-0.15, -0.1) is 0 Å². The van der Waals surface area contributed by atoms with Gasteiger partial charge in [-0.2, -0.15) is 0 Å². The molecular weight excluding hydrogens is 170 g/mol. The van der Waals surface area contributed by atoms with Gasteiger partial charge in [-0.05, 0) is 42.6 Å². The first-order valence-electron chi connectivity index (χ1n) is 6.10. The van der Waals surface area contributed by atoms with E-state index in [0.717, 1.165) is 17.9 Å². The van der Waals surface area contributed by atoms with Gasteiger partial charge in [-0.25, -0.2) is 0 Å². The molecule has 2 fully saturated rings. The lowest BCUT2D eigenvalue weighted by Gasteiger charge is -2.35. The van der Waals surface area contributed by atoms with E-state index >= 15 is 0 Å². The minimum Gasteiger partial charge on any atom is -0.316 e. The maximum absolute atomic E-state index is 3.58. The minimum absolute atomic E-state index is 0.538. The van der Waals surface area contributed by atoms with Gasteiger partial charge in [0.1, 0.15) is 0 Å². The summed E-state index contributed by atoms with van der Waals surface area (Å²) < 4.78 is 0. The molecular formula is C13H25N. The molecule has 82 valence electrons. The molecule has 0 aromatic rings. The molecule has 0 spiro atoms. The van der Waals surface area contributed by atoms with Crippen molar-refractivity contribution in [1.82, 2.24) is 5.32 Å². The Hall–Kier alpha value is -0.0400. The van der Waals surface area contributed by atoms with Crippen LogP contribution in [0.4, 0.5) is 0 Å². The predicted octanol–water partition coefficient (Wildman–Crippen LogP) is 3.06. The maximum atomic E-state index is 3.58. The Kier molecular flexibility index (Phi) is 2.23. The summed E-state index contributed by atoms with van der Waals surface area (Å²) in [5.41, 5.74) is 1.08. The third-order valence-corrected chi connectivity index (χ3v) is 5.48. The number of hydrogen-bond donors (Lipinski definition) is 1. The lowest BCUT2D eigenvalue weighted by molar-refractivity contribution is 0.199. The zero-order chi connectivity index (χ0) is 10.6. The molecule has 1 nitrogen and oxygen atoms in total. The average Bonchev–Trinajstić information content (AvgIpc) is 2.36. The summed E-state index contributed by atoms with van der Waals surface area (Å²) in [6.07, 6.45) is 4.36. The van der Waals surface area contributed by atoms with Crippen molar-refractivity contribution in [3.63, 3.8) is 0 Å². The molecule has 0 aliphatic heterocycles. The predicted molar refractivity (Wildman–Crippen MR) is 61.2 cm³/mol. The van der Waals surface area contributed by atoms with Crippen LogP contribution in [0.2, 0.25) is 0 Å². The molecule has 0 aromatic heterocycles. The summed E-state index contributed by atoms with van der Waals surface area (Å²) in [7, 11) is 2.15. The molecule has 1 atom stereocenters. The summed E-state index contributed by atoms with van der Waals surface area (Å²) in [4.78, 5) is 0. The van der Waals surface area contributed by atoms with Crippen LogP contribution in [0.15, 0.2) is 0 Å². The number of rotatable bonds is 3. The van der Waals surface area contributed by atoms with E-state index in [4.69, 9.17) is 0 Å². The van der Waals surface area contributed by atoms with Crippen molar-refractivity contribution in [3.8, 4) is 0 Å². The molecule has 2 rings (SSSR count). The number of hydrogen-bond acceptors (Lipinski definition) is 1. The number of nitrogens with one attached hydrogen (secondary N) is 1. The Balaban J connectivity index is 2.07. The van der Waals surface area contributed by atoms with E-state index in [9.17, 15) is 0 Å². The van der Waals surface area contributed by atoms with Crippen LogP contribution in [0.3, 0.4) is 0 Å². The molecule has 1 heteroatoms. The second-order valence-corrected chi connectivity index (χ2v) is 6.43. The average molecular weight is 195 g/mol. The Morgan fingerprint density at radius 1 is 1.07 bits per heavy atom. The van der Waals surface area contributed by atoms with Gasteiger partial charge >= 0.3 is 0 Å². The van der Waals surface area contributed by atoms with Crippen molar-refractivity contribution in [2.75, 3.05) is 7.05 Å². The van der Waals surface area contributed by atoms with Gasteiger partial charge in [-0.3, -0.25) is 0 Å².